The second-order valence-electron chi connectivity index (χ2n) is 3.73. The minimum Gasteiger partial charge on any atom is -0.399 e. The minimum atomic E-state index is -3.61. The molecule has 0 saturated carbocycles. The van der Waals surface area contributed by atoms with Gasteiger partial charge in [-0.2, -0.15) is 0 Å². The van der Waals surface area contributed by atoms with E-state index in [-0.39, 0.29) is 11.5 Å². The maximum absolute atomic E-state index is 11.9. The number of aliphatic hydroxyl groups excluding tert-OH is 1. The number of aliphatic hydroxyl groups is 1. The molecule has 1 atom stereocenters. The first-order chi connectivity index (χ1) is 7.36. The highest BCUT2D eigenvalue weighted by Crippen LogP contribution is 2.18. The SMILES string of the molecule is Cc1ccc(N)cc1S(=O)(=O)N[C@@H](C)CO. The fourth-order valence-electron chi connectivity index (χ4n) is 1.27. The molecule has 0 aromatic heterocycles. The lowest BCUT2D eigenvalue weighted by Gasteiger charge is -2.13. The van der Waals surface area contributed by atoms with Gasteiger partial charge in [0.1, 0.15) is 0 Å². The number of nitrogens with two attached hydrogens (primary N) is 1. The molecule has 0 saturated heterocycles. The van der Waals surface area contributed by atoms with Gasteiger partial charge in [-0.3, -0.25) is 0 Å². The molecule has 4 N–H and O–H groups in total. The van der Waals surface area contributed by atoms with Crippen LogP contribution in [0.5, 0.6) is 0 Å². The summed E-state index contributed by atoms with van der Waals surface area (Å²) in [6.45, 7) is 3.03. The number of rotatable bonds is 4. The molecule has 1 aromatic rings. The van der Waals surface area contributed by atoms with Gasteiger partial charge in [-0.15, -0.1) is 0 Å². The molecule has 1 aromatic carbocycles. The Morgan fingerprint density at radius 2 is 2.12 bits per heavy atom. The predicted octanol–water partition coefficient (Wildman–Crippen LogP) is 0.236. The molecule has 0 aliphatic rings. The third-order valence-corrected chi connectivity index (χ3v) is 3.86. The van der Waals surface area contributed by atoms with Crippen molar-refractivity contribution in [3.05, 3.63) is 23.8 Å². The standard InChI is InChI=1S/C10H16N2O3S/c1-7-3-4-9(11)5-10(7)16(14,15)12-8(2)6-13/h3-5,8,12-13H,6,11H2,1-2H3/t8-/m0/s1. The molecule has 0 bridgehead atoms. The highest BCUT2D eigenvalue weighted by molar-refractivity contribution is 7.89. The molecule has 0 radical (unpaired) electrons. The summed E-state index contributed by atoms with van der Waals surface area (Å²) < 4.78 is 26.2. The van der Waals surface area contributed by atoms with Gasteiger partial charge in [-0.25, -0.2) is 13.1 Å². The minimum absolute atomic E-state index is 0.146. The van der Waals surface area contributed by atoms with E-state index in [2.05, 4.69) is 4.72 Å². The van der Waals surface area contributed by atoms with Crippen LogP contribution < -0.4 is 10.5 Å². The third-order valence-electron chi connectivity index (χ3n) is 2.13. The molecular weight excluding hydrogens is 228 g/mol. The van der Waals surface area contributed by atoms with Crippen LogP contribution >= 0.6 is 0 Å². The Labute approximate surface area is 95.3 Å². The molecule has 0 spiro atoms. The summed E-state index contributed by atoms with van der Waals surface area (Å²) in [7, 11) is -3.61. The lowest BCUT2D eigenvalue weighted by molar-refractivity contribution is 0.265. The van der Waals surface area contributed by atoms with E-state index in [4.69, 9.17) is 10.8 Å². The van der Waals surface area contributed by atoms with Crippen molar-refractivity contribution in [2.24, 2.45) is 0 Å². The number of nitrogens with one attached hydrogen (secondary N) is 1. The van der Waals surface area contributed by atoms with Crippen LogP contribution in [0.15, 0.2) is 23.1 Å². The van der Waals surface area contributed by atoms with E-state index in [9.17, 15) is 8.42 Å². The second kappa shape index (κ2) is 4.82. The van der Waals surface area contributed by atoms with Crippen LogP contribution in [0, 0.1) is 6.92 Å². The number of aryl methyl sites for hydroxylation is 1. The van der Waals surface area contributed by atoms with Gasteiger partial charge >= 0.3 is 0 Å². The Bertz CT molecular complexity index is 471. The Kier molecular flexibility index (Phi) is 3.90. The van der Waals surface area contributed by atoms with E-state index in [1.165, 1.54) is 6.07 Å². The Morgan fingerprint density at radius 1 is 1.50 bits per heavy atom. The Hall–Kier alpha value is -1.11. The predicted molar refractivity (Wildman–Crippen MR) is 62.5 cm³/mol. The van der Waals surface area contributed by atoms with Gasteiger partial charge in [0.2, 0.25) is 10.0 Å². The van der Waals surface area contributed by atoms with E-state index >= 15 is 0 Å². The first kappa shape index (κ1) is 13.0. The molecule has 0 heterocycles. The third kappa shape index (κ3) is 2.94. The van der Waals surface area contributed by atoms with Gasteiger partial charge in [0, 0.05) is 11.7 Å². The first-order valence-electron chi connectivity index (χ1n) is 4.86. The topological polar surface area (TPSA) is 92.4 Å². The van der Waals surface area contributed by atoms with E-state index in [1.54, 1.807) is 26.0 Å². The number of sulfonamides is 1. The average Bonchev–Trinajstić information content (AvgIpc) is 2.20. The molecule has 0 aliphatic carbocycles. The molecule has 0 amide bonds. The average molecular weight is 244 g/mol. The normalized spacial score (nSPS) is 13.7. The van der Waals surface area contributed by atoms with Crippen molar-refractivity contribution in [1.82, 2.24) is 4.72 Å². The maximum Gasteiger partial charge on any atom is 0.241 e. The van der Waals surface area contributed by atoms with Crippen LogP contribution in [0.2, 0.25) is 0 Å². The van der Waals surface area contributed by atoms with Gasteiger partial charge in [0.05, 0.1) is 11.5 Å². The van der Waals surface area contributed by atoms with Crippen molar-refractivity contribution in [3.8, 4) is 0 Å². The van der Waals surface area contributed by atoms with Gasteiger partial charge in [0.15, 0.2) is 0 Å². The van der Waals surface area contributed by atoms with Gasteiger partial charge < -0.3 is 10.8 Å². The van der Waals surface area contributed by atoms with Crippen molar-refractivity contribution in [2.75, 3.05) is 12.3 Å². The lowest BCUT2D eigenvalue weighted by Crippen LogP contribution is -2.35. The van der Waals surface area contributed by atoms with Gasteiger partial charge in [-0.05, 0) is 31.5 Å². The zero-order chi connectivity index (χ0) is 12.3. The lowest BCUT2D eigenvalue weighted by atomic mass is 10.2. The van der Waals surface area contributed by atoms with E-state index < -0.39 is 16.1 Å². The zero-order valence-electron chi connectivity index (χ0n) is 9.27. The molecule has 0 aliphatic heterocycles. The summed E-state index contributed by atoms with van der Waals surface area (Å²) in [5.41, 5.74) is 6.55. The summed E-state index contributed by atoms with van der Waals surface area (Å²) in [6.07, 6.45) is 0. The number of benzene rings is 1. The largest absolute Gasteiger partial charge is 0.399 e. The highest BCUT2D eigenvalue weighted by atomic mass is 32.2. The summed E-state index contributed by atoms with van der Waals surface area (Å²) in [5, 5.41) is 8.82. The quantitative estimate of drug-likeness (QED) is 0.661. The smallest absolute Gasteiger partial charge is 0.241 e. The fourth-order valence-corrected chi connectivity index (χ4v) is 2.79. The van der Waals surface area contributed by atoms with E-state index in [0.717, 1.165) is 0 Å². The Balaban J connectivity index is 3.12. The van der Waals surface area contributed by atoms with E-state index in [1.807, 2.05) is 0 Å². The van der Waals surface area contributed by atoms with Crippen molar-refractivity contribution in [2.45, 2.75) is 24.8 Å². The van der Waals surface area contributed by atoms with Crippen molar-refractivity contribution in [1.29, 1.82) is 0 Å². The highest BCUT2D eigenvalue weighted by Gasteiger charge is 2.19. The molecule has 6 heteroatoms. The van der Waals surface area contributed by atoms with Crippen LogP contribution in [-0.2, 0) is 10.0 Å². The van der Waals surface area contributed by atoms with Crippen LogP contribution in [-0.4, -0.2) is 26.2 Å². The molecular formula is C10H16N2O3S. The van der Waals surface area contributed by atoms with Crippen molar-refractivity contribution < 1.29 is 13.5 Å². The van der Waals surface area contributed by atoms with Crippen LogP contribution in [0.25, 0.3) is 0 Å². The monoisotopic (exact) mass is 244 g/mol. The summed E-state index contributed by atoms with van der Waals surface area (Å²) in [5.74, 6) is 0. The molecule has 5 nitrogen and oxygen atoms in total. The Morgan fingerprint density at radius 3 is 2.69 bits per heavy atom. The number of hydrogen-bond acceptors (Lipinski definition) is 4. The number of nitrogen functional groups attached to an aromatic ring is 1. The molecule has 90 valence electrons. The van der Waals surface area contributed by atoms with Crippen LogP contribution in [0.3, 0.4) is 0 Å². The summed E-state index contributed by atoms with van der Waals surface area (Å²) in [4.78, 5) is 0.146. The number of anilines is 1. The number of hydrogen-bond donors (Lipinski definition) is 3. The van der Waals surface area contributed by atoms with Gasteiger partial charge in [0.25, 0.3) is 0 Å². The molecule has 0 fully saturated rings. The molecule has 1 rings (SSSR count). The summed E-state index contributed by atoms with van der Waals surface area (Å²) >= 11 is 0. The van der Waals surface area contributed by atoms with Crippen LogP contribution in [0.4, 0.5) is 5.69 Å². The van der Waals surface area contributed by atoms with Crippen molar-refractivity contribution in [3.63, 3.8) is 0 Å². The van der Waals surface area contributed by atoms with Crippen molar-refractivity contribution >= 4 is 15.7 Å². The van der Waals surface area contributed by atoms with Crippen LogP contribution in [0.1, 0.15) is 12.5 Å². The second-order valence-corrected chi connectivity index (χ2v) is 5.41. The zero-order valence-corrected chi connectivity index (χ0v) is 10.1. The fraction of sp³-hybridized carbons (Fsp3) is 0.400. The van der Waals surface area contributed by atoms with Gasteiger partial charge in [-0.1, -0.05) is 6.07 Å². The van der Waals surface area contributed by atoms with E-state index in [0.29, 0.717) is 11.3 Å². The first-order valence-corrected chi connectivity index (χ1v) is 6.34. The summed E-state index contributed by atoms with van der Waals surface area (Å²) in [6, 6.07) is 4.17. The molecule has 16 heavy (non-hydrogen) atoms. The molecule has 0 unspecified atom stereocenters. The maximum atomic E-state index is 11.9.